The second kappa shape index (κ2) is 12.3. The van der Waals surface area contributed by atoms with Gasteiger partial charge in [-0.3, -0.25) is 14.9 Å². The van der Waals surface area contributed by atoms with Crippen LogP contribution < -0.4 is 16.0 Å². The number of methoxy groups -OCH3 is 1. The maximum atomic E-state index is 13.0. The van der Waals surface area contributed by atoms with Gasteiger partial charge in [-0.15, -0.1) is 5.10 Å². The number of fused-ring (bicyclic) bond motifs is 4. The Morgan fingerprint density at radius 3 is 2.90 bits per heavy atom. The fourth-order valence-corrected chi connectivity index (χ4v) is 4.23. The minimum atomic E-state index is -0.649. The Morgan fingerprint density at radius 1 is 1.22 bits per heavy atom. The van der Waals surface area contributed by atoms with Gasteiger partial charge in [0.15, 0.2) is 5.76 Å². The van der Waals surface area contributed by atoms with E-state index in [1.165, 1.54) is 30.4 Å². The smallest absolute Gasteiger partial charge is 0.411 e. The molecular weight excluding hydrogens is 552 g/mol. The van der Waals surface area contributed by atoms with Gasteiger partial charge in [0.05, 0.1) is 24.7 Å². The van der Waals surface area contributed by atoms with Crippen LogP contribution in [0.1, 0.15) is 30.3 Å². The molecule has 3 N–H and O–H groups in total. The highest BCUT2D eigenvalue weighted by Gasteiger charge is 2.21. The first-order chi connectivity index (χ1) is 19.9. The van der Waals surface area contributed by atoms with E-state index in [2.05, 4.69) is 41.2 Å². The van der Waals surface area contributed by atoms with E-state index >= 15 is 0 Å². The van der Waals surface area contributed by atoms with E-state index in [1.807, 2.05) is 0 Å². The predicted octanol–water partition coefficient (Wildman–Crippen LogP) is 4.31. The molecule has 14 heteroatoms. The lowest BCUT2D eigenvalue weighted by Crippen LogP contribution is -2.26. The largest absolute Gasteiger partial charge is 0.453 e. The maximum absolute atomic E-state index is 13.0. The molecule has 2 aromatic carbocycles. The molecule has 1 atom stereocenters. The van der Waals surface area contributed by atoms with Crippen molar-refractivity contribution in [1.82, 2.24) is 30.5 Å². The molecule has 208 valence electrons. The van der Waals surface area contributed by atoms with Crippen LogP contribution in [0.3, 0.4) is 0 Å². The summed E-state index contributed by atoms with van der Waals surface area (Å²) in [4.78, 5) is 41.6. The number of carbonyl (C=O) groups is 3. The number of anilines is 2. The third-order valence-corrected chi connectivity index (χ3v) is 6.21. The molecule has 1 aliphatic rings. The number of ether oxygens (including phenoxy) is 1. The van der Waals surface area contributed by atoms with Crippen molar-refractivity contribution < 1.29 is 23.5 Å². The molecule has 0 saturated carbocycles. The number of rotatable bonds is 5. The lowest BCUT2D eigenvalue weighted by atomic mass is 10.1. The zero-order valence-electron chi connectivity index (χ0n) is 21.6. The van der Waals surface area contributed by atoms with E-state index in [0.29, 0.717) is 45.4 Å². The van der Waals surface area contributed by atoms with Crippen LogP contribution in [0.2, 0.25) is 5.02 Å². The van der Waals surface area contributed by atoms with Crippen LogP contribution in [-0.4, -0.2) is 50.2 Å². The molecule has 3 amide bonds. The molecule has 0 radical (unpaired) electrons. The Balaban J connectivity index is 1.40. The van der Waals surface area contributed by atoms with Crippen LogP contribution in [0.15, 0.2) is 71.6 Å². The van der Waals surface area contributed by atoms with Gasteiger partial charge in [-0.2, -0.15) is 4.68 Å². The monoisotopic (exact) mass is 574 g/mol. The van der Waals surface area contributed by atoms with Gasteiger partial charge >= 0.3 is 6.09 Å². The van der Waals surface area contributed by atoms with Gasteiger partial charge in [0.25, 0.3) is 0 Å². The molecule has 5 rings (SSSR count). The van der Waals surface area contributed by atoms with Crippen molar-refractivity contribution in [3.63, 3.8) is 0 Å². The molecule has 2 bridgehead atoms. The minimum Gasteiger partial charge on any atom is -0.453 e. The van der Waals surface area contributed by atoms with E-state index in [-0.39, 0.29) is 18.2 Å². The van der Waals surface area contributed by atoms with Crippen LogP contribution in [0.25, 0.3) is 23.1 Å². The van der Waals surface area contributed by atoms with Gasteiger partial charge in [-0.05, 0) is 59.3 Å². The van der Waals surface area contributed by atoms with E-state index in [4.69, 9.17) is 16.0 Å². The fraction of sp³-hybridized carbons (Fsp3) is 0.148. The summed E-state index contributed by atoms with van der Waals surface area (Å²) in [5.74, 6) is -0.0431. The van der Waals surface area contributed by atoms with Gasteiger partial charge in [-0.1, -0.05) is 23.8 Å². The number of amides is 3. The number of oxazole rings is 1. The average molecular weight is 575 g/mol. The van der Waals surface area contributed by atoms with Crippen LogP contribution in [-0.2, 0) is 14.3 Å². The molecule has 0 fully saturated rings. The Morgan fingerprint density at radius 2 is 2.10 bits per heavy atom. The van der Waals surface area contributed by atoms with Gasteiger partial charge in [-0.25, -0.2) is 9.78 Å². The molecule has 1 aliphatic heterocycles. The van der Waals surface area contributed by atoms with Crippen LogP contribution in [0.4, 0.5) is 16.2 Å². The standard InChI is InChI=1S/C27H23ClN8O5/c1-40-27(39)31-18-8-9-19-21(13-18)33-24(37)5-3-2-4-20(26-29-14-23(19)41-26)32-25(38)11-6-16-12-17(28)7-10-22(16)36-15-30-34-35-36/h2-3,6-15,20H,4-5H2,1H3,(H,31,39)(H,32,38)(H,33,37)/b3-2+,11-6+/t20-/m0/s1. The number of benzene rings is 2. The number of aromatic nitrogens is 5. The molecule has 3 heterocycles. The van der Waals surface area contributed by atoms with Crippen molar-refractivity contribution >= 4 is 47.0 Å². The van der Waals surface area contributed by atoms with E-state index in [9.17, 15) is 14.4 Å². The number of carbonyl (C=O) groups excluding carboxylic acids is 3. The first-order valence-electron chi connectivity index (χ1n) is 12.3. The van der Waals surface area contributed by atoms with E-state index < -0.39 is 18.0 Å². The van der Waals surface area contributed by atoms with E-state index in [0.717, 1.165) is 0 Å². The number of nitrogens with zero attached hydrogens (tertiary/aromatic N) is 5. The number of nitrogens with one attached hydrogen (secondary N) is 3. The minimum absolute atomic E-state index is 0.0930. The zero-order valence-corrected chi connectivity index (χ0v) is 22.3. The third kappa shape index (κ3) is 6.65. The average Bonchev–Trinajstić information content (AvgIpc) is 3.66. The summed E-state index contributed by atoms with van der Waals surface area (Å²) >= 11 is 6.17. The van der Waals surface area contributed by atoms with Crippen molar-refractivity contribution in [2.75, 3.05) is 17.7 Å². The first-order valence-corrected chi connectivity index (χ1v) is 12.7. The van der Waals surface area contributed by atoms with Crippen molar-refractivity contribution in [3.8, 4) is 17.0 Å². The maximum Gasteiger partial charge on any atom is 0.411 e. The fourth-order valence-electron chi connectivity index (χ4n) is 4.05. The zero-order chi connectivity index (χ0) is 28.8. The lowest BCUT2D eigenvalue weighted by Gasteiger charge is -2.15. The van der Waals surface area contributed by atoms with Crippen LogP contribution >= 0.6 is 11.6 Å². The predicted molar refractivity (Wildman–Crippen MR) is 149 cm³/mol. The molecule has 4 aromatic rings. The van der Waals surface area contributed by atoms with Crippen molar-refractivity contribution in [2.45, 2.75) is 18.9 Å². The summed E-state index contributed by atoms with van der Waals surface area (Å²) in [6.45, 7) is 0. The quantitative estimate of drug-likeness (QED) is 0.232. The van der Waals surface area contributed by atoms with Gasteiger partial charge < -0.3 is 19.8 Å². The number of hydrogen-bond donors (Lipinski definition) is 3. The summed E-state index contributed by atoms with van der Waals surface area (Å²) in [5.41, 5.74) is 2.62. The number of tetrazole rings is 1. The Kier molecular flexibility index (Phi) is 8.15. The van der Waals surface area contributed by atoms with Gasteiger partial charge in [0.2, 0.25) is 17.7 Å². The summed E-state index contributed by atoms with van der Waals surface area (Å²) in [6.07, 6.45) is 9.14. The lowest BCUT2D eigenvalue weighted by molar-refractivity contribution is -0.117. The second-order valence-electron chi connectivity index (χ2n) is 8.75. The van der Waals surface area contributed by atoms with Gasteiger partial charge in [0, 0.05) is 34.3 Å². The molecule has 41 heavy (non-hydrogen) atoms. The molecule has 0 saturated heterocycles. The first kappa shape index (κ1) is 27.3. The van der Waals surface area contributed by atoms with E-state index in [1.54, 1.807) is 54.6 Å². The van der Waals surface area contributed by atoms with Crippen LogP contribution in [0, 0.1) is 0 Å². The topological polar surface area (TPSA) is 166 Å². The molecule has 0 unspecified atom stereocenters. The highest BCUT2D eigenvalue weighted by Crippen LogP contribution is 2.33. The van der Waals surface area contributed by atoms with Crippen molar-refractivity contribution in [2.24, 2.45) is 0 Å². The highest BCUT2D eigenvalue weighted by molar-refractivity contribution is 6.30. The molecular formula is C27H23ClN8O5. The normalized spacial score (nSPS) is 15.7. The molecule has 2 aromatic heterocycles. The summed E-state index contributed by atoms with van der Waals surface area (Å²) in [6, 6.07) is 9.41. The summed E-state index contributed by atoms with van der Waals surface area (Å²) in [7, 11) is 1.25. The molecule has 0 aliphatic carbocycles. The highest BCUT2D eigenvalue weighted by atomic mass is 35.5. The van der Waals surface area contributed by atoms with Gasteiger partial charge in [0.1, 0.15) is 12.4 Å². The number of halogens is 1. The SMILES string of the molecule is COC(=O)Nc1ccc2c(c1)NC(=O)C/C=C/C[C@H](NC(=O)/C=C/c1cc(Cl)ccc1-n1cnnn1)c1ncc-2o1. The summed E-state index contributed by atoms with van der Waals surface area (Å²) < 4.78 is 12.1. The van der Waals surface area contributed by atoms with Crippen molar-refractivity contribution in [3.05, 3.63) is 83.6 Å². The van der Waals surface area contributed by atoms with Crippen LogP contribution in [0.5, 0.6) is 0 Å². The summed E-state index contributed by atoms with van der Waals surface area (Å²) in [5, 5.41) is 20.0. The second-order valence-corrected chi connectivity index (χ2v) is 9.19. The molecule has 0 spiro atoms. The Bertz CT molecular complexity index is 1650. The molecule has 13 nitrogen and oxygen atoms in total. The van der Waals surface area contributed by atoms with Crippen molar-refractivity contribution in [1.29, 1.82) is 0 Å². The Labute approximate surface area is 238 Å². The third-order valence-electron chi connectivity index (χ3n) is 5.97. The Hall–Kier alpha value is -5.30. The number of hydrogen-bond acceptors (Lipinski definition) is 9.